The second kappa shape index (κ2) is 7.77. The van der Waals surface area contributed by atoms with E-state index < -0.39 is 0 Å². The number of nitrogens with zero attached hydrogens (tertiary/aromatic N) is 1. The third kappa shape index (κ3) is 3.20. The first kappa shape index (κ1) is 16.3. The Morgan fingerprint density at radius 1 is 1.00 bits per heavy atom. The molecule has 0 aromatic rings. The minimum absolute atomic E-state index is 0.278. The van der Waals surface area contributed by atoms with Crippen molar-refractivity contribution in [3.63, 3.8) is 0 Å². The minimum Gasteiger partial charge on any atom is -0.296 e. The second-order valence-electron chi connectivity index (χ2n) is 6.90. The number of hydrogen-bond donors (Lipinski definition) is 2. The molecule has 0 radical (unpaired) electrons. The first-order valence-corrected chi connectivity index (χ1v) is 8.99. The smallest absolute Gasteiger partial charge is 0.0422 e. The van der Waals surface area contributed by atoms with Crippen molar-refractivity contribution in [2.45, 2.75) is 89.6 Å². The first-order valence-electron chi connectivity index (χ1n) is 8.99. The van der Waals surface area contributed by atoms with Crippen LogP contribution in [0.3, 0.4) is 0 Å². The first-order chi connectivity index (χ1) is 9.78. The Morgan fingerprint density at radius 3 is 2.00 bits per heavy atom. The predicted molar refractivity (Wildman–Crippen MR) is 86.4 cm³/mol. The molecule has 0 amide bonds. The molecular formula is C17H35N3. The van der Waals surface area contributed by atoms with Crippen LogP contribution in [0.4, 0.5) is 0 Å². The Bertz CT molecular complexity index is 261. The van der Waals surface area contributed by atoms with Gasteiger partial charge >= 0.3 is 0 Å². The zero-order valence-corrected chi connectivity index (χ0v) is 13.7. The lowest BCUT2D eigenvalue weighted by Gasteiger charge is -2.49. The number of hydrazine groups is 1. The zero-order chi connectivity index (χ0) is 14.4. The lowest BCUT2D eigenvalue weighted by Crippen LogP contribution is -2.64. The molecule has 2 rings (SSSR count). The van der Waals surface area contributed by atoms with E-state index in [1.807, 2.05) is 0 Å². The molecule has 3 N–H and O–H groups in total. The van der Waals surface area contributed by atoms with E-state index in [2.05, 4.69) is 24.2 Å². The van der Waals surface area contributed by atoms with Crippen molar-refractivity contribution in [3.8, 4) is 0 Å². The minimum atomic E-state index is 0.278. The molecule has 0 aromatic heterocycles. The van der Waals surface area contributed by atoms with Crippen LogP contribution < -0.4 is 11.3 Å². The van der Waals surface area contributed by atoms with Crippen LogP contribution in [-0.4, -0.2) is 29.6 Å². The molecule has 1 unspecified atom stereocenters. The maximum Gasteiger partial charge on any atom is 0.0422 e. The largest absolute Gasteiger partial charge is 0.296 e. The van der Waals surface area contributed by atoms with Crippen LogP contribution in [0.5, 0.6) is 0 Å². The van der Waals surface area contributed by atoms with Gasteiger partial charge in [-0.1, -0.05) is 39.5 Å². The highest BCUT2D eigenvalue weighted by Gasteiger charge is 2.44. The highest BCUT2D eigenvalue weighted by atomic mass is 15.3. The van der Waals surface area contributed by atoms with Crippen molar-refractivity contribution < 1.29 is 0 Å². The van der Waals surface area contributed by atoms with Crippen LogP contribution in [0.1, 0.15) is 78.1 Å². The van der Waals surface area contributed by atoms with E-state index in [1.54, 1.807) is 0 Å². The van der Waals surface area contributed by atoms with Gasteiger partial charge in [0, 0.05) is 11.6 Å². The SMILES string of the molecule is CCC(CC)(C(NN)C1CCCCCC1)N1CCCC1. The summed E-state index contributed by atoms with van der Waals surface area (Å²) in [5.41, 5.74) is 3.56. The summed E-state index contributed by atoms with van der Waals surface area (Å²) < 4.78 is 0. The molecule has 2 aliphatic rings. The number of nitrogens with one attached hydrogen (secondary N) is 1. The average molecular weight is 281 g/mol. The van der Waals surface area contributed by atoms with E-state index in [-0.39, 0.29) is 5.54 Å². The van der Waals surface area contributed by atoms with Gasteiger partial charge in [-0.3, -0.25) is 16.2 Å². The van der Waals surface area contributed by atoms with Gasteiger partial charge in [-0.05, 0) is 57.5 Å². The Hall–Kier alpha value is -0.120. The maximum atomic E-state index is 6.08. The van der Waals surface area contributed by atoms with Gasteiger partial charge in [0.2, 0.25) is 0 Å². The van der Waals surface area contributed by atoms with Crippen molar-refractivity contribution >= 4 is 0 Å². The molecule has 0 spiro atoms. The molecule has 1 atom stereocenters. The molecule has 3 nitrogen and oxygen atoms in total. The fraction of sp³-hybridized carbons (Fsp3) is 1.00. The second-order valence-corrected chi connectivity index (χ2v) is 6.90. The molecule has 0 bridgehead atoms. The number of nitrogens with two attached hydrogens (primary N) is 1. The topological polar surface area (TPSA) is 41.3 Å². The van der Waals surface area contributed by atoms with E-state index >= 15 is 0 Å². The molecule has 1 heterocycles. The summed E-state index contributed by atoms with van der Waals surface area (Å²) in [5, 5.41) is 0. The van der Waals surface area contributed by atoms with Crippen molar-refractivity contribution in [1.82, 2.24) is 10.3 Å². The molecule has 1 saturated heterocycles. The Morgan fingerprint density at radius 2 is 1.55 bits per heavy atom. The molecule has 0 aromatic carbocycles. The van der Waals surface area contributed by atoms with Crippen LogP contribution in [0.15, 0.2) is 0 Å². The highest BCUT2D eigenvalue weighted by Crippen LogP contribution is 2.38. The summed E-state index contributed by atoms with van der Waals surface area (Å²) in [6, 6.07) is 0.466. The molecule has 1 aliphatic carbocycles. The van der Waals surface area contributed by atoms with E-state index in [9.17, 15) is 0 Å². The van der Waals surface area contributed by atoms with Gasteiger partial charge in [0.25, 0.3) is 0 Å². The highest BCUT2D eigenvalue weighted by molar-refractivity contribution is 5.02. The van der Waals surface area contributed by atoms with E-state index in [0.717, 1.165) is 5.92 Å². The van der Waals surface area contributed by atoms with Crippen LogP contribution in [0.2, 0.25) is 0 Å². The van der Waals surface area contributed by atoms with Crippen molar-refractivity contribution in [2.75, 3.05) is 13.1 Å². The molecule has 20 heavy (non-hydrogen) atoms. The van der Waals surface area contributed by atoms with Crippen LogP contribution >= 0.6 is 0 Å². The van der Waals surface area contributed by atoms with E-state index in [1.165, 1.54) is 77.3 Å². The summed E-state index contributed by atoms with van der Waals surface area (Å²) in [6.45, 7) is 7.27. The lowest BCUT2D eigenvalue weighted by atomic mass is 9.74. The van der Waals surface area contributed by atoms with Crippen LogP contribution in [0, 0.1) is 5.92 Å². The molecule has 2 fully saturated rings. The van der Waals surface area contributed by atoms with E-state index in [0.29, 0.717) is 6.04 Å². The van der Waals surface area contributed by atoms with Crippen molar-refractivity contribution in [1.29, 1.82) is 0 Å². The van der Waals surface area contributed by atoms with Crippen molar-refractivity contribution in [3.05, 3.63) is 0 Å². The number of likely N-dealkylation sites (tertiary alicyclic amines) is 1. The maximum absolute atomic E-state index is 6.08. The van der Waals surface area contributed by atoms with Gasteiger partial charge in [0.15, 0.2) is 0 Å². The van der Waals surface area contributed by atoms with Gasteiger partial charge in [-0.15, -0.1) is 0 Å². The van der Waals surface area contributed by atoms with Gasteiger partial charge in [-0.2, -0.15) is 0 Å². The van der Waals surface area contributed by atoms with Gasteiger partial charge in [-0.25, -0.2) is 0 Å². The van der Waals surface area contributed by atoms with Crippen LogP contribution in [-0.2, 0) is 0 Å². The predicted octanol–water partition coefficient (Wildman–Crippen LogP) is 3.44. The Labute approximate surface area is 125 Å². The summed E-state index contributed by atoms with van der Waals surface area (Å²) in [4.78, 5) is 2.75. The number of hydrogen-bond acceptors (Lipinski definition) is 3. The Balaban J connectivity index is 2.18. The summed E-state index contributed by atoms with van der Waals surface area (Å²) in [6.07, 6.45) is 13.5. The molecule has 3 heteroatoms. The fourth-order valence-electron chi connectivity index (χ4n) is 4.87. The average Bonchev–Trinajstić information content (AvgIpc) is 2.89. The standard InChI is InChI=1S/C17H35N3/c1-3-17(4-2,20-13-9-10-14-20)16(19-18)15-11-7-5-6-8-12-15/h15-16,19H,3-14,18H2,1-2H3. The normalized spacial score (nSPS) is 24.8. The quantitative estimate of drug-likeness (QED) is 0.445. The third-order valence-electron chi connectivity index (χ3n) is 6.09. The summed E-state index contributed by atoms with van der Waals surface area (Å²) >= 11 is 0. The van der Waals surface area contributed by atoms with Gasteiger partial charge in [0.1, 0.15) is 0 Å². The fourth-order valence-corrected chi connectivity index (χ4v) is 4.87. The van der Waals surface area contributed by atoms with Gasteiger partial charge in [0.05, 0.1) is 0 Å². The van der Waals surface area contributed by atoms with Crippen LogP contribution in [0.25, 0.3) is 0 Å². The molecule has 1 saturated carbocycles. The molecular weight excluding hydrogens is 246 g/mol. The van der Waals surface area contributed by atoms with Crippen molar-refractivity contribution in [2.24, 2.45) is 11.8 Å². The lowest BCUT2D eigenvalue weighted by molar-refractivity contribution is 0.0335. The molecule has 1 aliphatic heterocycles. The third-order valence-corrected chi connectivity index (χ3v) is 6.09. The number of rotatable bonds is 6. The Kier molecular flexibility index (Phi) is 6.31. The monoisotopic (exact) mass is 281 g/mol. The van der Waals surface area contributed by atoms with Gasteiger partial charge < -0.3 is 0 Å². The summed E-state index contributed by atoms with van der Waals surface area (Å²) in [7, 11) is 0. The van der Waals surface area contributed by atoms with E-state index in [4.69, 9.17) is 5.84 Å². The summed E-state index contributed by atoms with van der Waals surface area (Å²) in [5.74, 6) is 6.85. The zero-order valence-electron chi connectivity index (χ0n) is 13.7. The molecule has 118 valence electrons.